The summed E-state index contributed by atoms with van der Waals surface area (Å²) in [4.78, 5) is 41.7. The van der Waals surface area contributed by atoms with E-state index in [0.29, 0.717) is 0 Å². The van der Waals surface area contributed by atoms with Crippen LogP contribution in [0.2, 0.25) is 0 Å². The van der Waals surface area contributed by atoms with Crippen molar-refractivity contribution in [2.24, 2.45) is 7.05 Å². The molecule has 0 saturated carbocycles. The van der Waals surface area contributed by atoms with E-state index >= 15 is 0 Å². The van der Waals surface area contributed by atoms with Crippen molar-refractivity contribution in [2.75, 3.05) is 0 Å². The number of imidazole rings is 1. The molecule has 0 radical (unpaired) electrons. The summed E-state index contributed by atoms with van der Waals surface area (Å²) in [6.45, 7) is 4.97. The first-order valence-corrected chi connectivity index (χ1v) is 6.05. The maximum Gasteiger partial charge on any atom is 0.327 e. The molecule has 0 aliphatic rings. The Kier molecular flexibility index (Phi) is 3.24. The van der Waals surface area contributed by atoms with Crippen molar-refractivity contribution in [3.8, 4) is 0 Å². The molecule has 0 amide bonds. The number of carbonyl (C=O) groups is 1. The van der Waals surface area contributed by atoms with Crippen LogP contribution in [0.5, 0.6) is 0 Å². The van der Waals surface area contributed by atoms with Gasteiger partial charge in [0, 0.05) is 7.05 Å². The molecule has 20 heavy (non-hydrogen) atoms. The number of aromatic amines is 1. The number of aryl methyl sites for hydroxylation is 1. The van der Waals surface area contributed by atoms with Gasteiger partial charge in [-0.1, -0.05) is 0 Å². The van der Waals surface area contributed by atoms with Crippen LogP contribution in [0, 0.1) is 0 Å². The number of fused-ring (bicyclic) bond motifs is 1. The summed E-state index contributed by atoms with van der Waals surface area (Å²) in [5, 5.41) is 0. The van der Waals surface area contributed by atoms with Gasteiger partial charge < -0.3 is 4.74 Å². The van der Waals surface area contributed by atoms with Gasteiger partial charge in [0.25, 0.3) is 5.56 Å². The quantitative estimate of drug-likeness (QED) is 0.766. The summed E-state index contributed by atoms with van der Waals surface area (Å²) in [7, 11) is 1.51. The predicted molar refractivity (Wildman–Crippen MR) is 71.4 cm³/mol. The Labute approximate surface area is 114 Å². The van der Waals surface area contributed by atoms with Crippen molar-refractivity contribution in [2.45, 2.75) is 32.9 Å². The number of rotatable bonds is 2. The van der Waals surface area contributed by atoms with E-state index < -0.39 is 22.8 Å². The fourth-order valence-corrected chi connectivity index (χ4v) is 1.76. The minimum absolute atomic E-state index is 0.0727. The molecule has 2 aromatic rings. The molecule has 0 saturated heterocycles. The van der Waals surface area contributed by atoms with Crippen LogP contribution in [0.3, 0.4) is 0 Å². The van der Waals surface area contributed by atoms with Crippen molar-refractivity contribution in [1.29, 1.82) is 0 Å². The minimum atomic E-state index is -0.626. The Morgan fingerprint density at radius 3 is 2.65 bits per heavy atom. The van der Waals surface area contributed by atoms with E-state index in [2.05, 4.69) is 9.97 Å². The van der Waals surface area contributed by atoms with Gasteiger partial charge in [-0.25, -0.2) is 9.78 Å². The second kappa shape index (κ2) is 4.62. The summed E-state index contributed by atoms with van der Waals surface area (Å²) in [5.41, 5.74) is -1.22. The standard InChI is InChI=1S/C12H16N4O4/c1-12(2,3)20-7(17)5-16-6-13-9-8(10(16)18)14-11(19)15(9)4/h6H,5H2,1-4H3,(H,14,19). The van der Waals surface area contributed by atoms with Gasteiger partial charge in [0.15, 0.2) is 11.2 Å². The largest absolute Gasteiger partial charge is 0.459 e. The van der Waals surface area contributed by atoms with Gasteiger partial charge in [0.2, 0.25) is 0 Å². The van der Waals surface area contributed by atoms with E-state index in [-0.39, 0.29) is 17.7 Å². The highest BCUT2D eigenvalue weighted by Crippen LogP contribution is 2.07. The number of esters is 1. The molecule has 0 spiro atoms. The van der Waals surface area contributed by atoms with Gasteiger partial charge in [-0.15, -0.1) is 0 Å². The first-order chi connectivity index (χ1) is 9.19. The average Bonchev–Trinajstić information content (AvgIpc) is 2.58. The lowest BCUT2D eigenvalue weighted by Gasteiger charge is -2.19. The van der Waals surface area contributed by atoms with Crippen LogP contribution in [0.4, 0.5) is 0 Å². The van der Waals surface area contributed by atoms with E-state index in [4.69, 9.17) is 4.74 Å². The van der Waals surface area contributed by atoms with Crippen molar-refractivity contribution < 1.29 is 9.53 Å². The molecular formula is C12H16N4O4. The number of nitrogens with zero attached hydrogens (tertiary/aromatic N) is 3. The van der Waals surface area contributed by atoms with E-state index in [9.17, 15) is 14.4 Å². The summed E-state index contributed by atoms with van der Waals surface area (Å²) < 4.78 is 7.47. The summed E-state index contributed by atoms with van der Waals surface area (Å²) >= 11 is 0. The third-order valence-corrected chi connectivity index (χ3v) is 2.59. The van der Waals surface area contributed by atoms with Gasteiger partial charge in [-0.05, 0) is 20.8 Å². The highest BCUT2D eigenvalue weighted by atomic mass is 16.6. The van der Waals surface area contributed by atoms with Gasteiger partial charge >= 0.3 is 11.7 Å². The number of hydrogen-bond donors (Lipinski definition) is 1. The number of nitrogens with one attached hydrogen (secondary N) is 1. The van der Waals surface area contributed by atoms with Crippen LogP contribution in [-0.2, 0) is 23.1 Å². The molecule has 0 fully saturated rings. The molecule has 0 aliphatic carbocycles. The monoisotopic (exact) mass is 280 g/mol. The molecule has 8 nitrogen and oxygen atoms in total. The fraction of sp³-hybridized carbons (Fsp3) is 0.500. The number of H-pyrrole nitrogens is 1. The zero-order valence-corrected chi connectivity index (χ0v) is 11.8. The van der Waals surface area contributed by atoms with Crippen molar-refractivity contribution in [3.63, 3.8) is 0 Å². The maximum atomic E-state index is 12.1. The predicted octanol–water partition coefficient (Wildman–Crippen LogP) is -0.235. The molecule has 2 aromatic heterocycles. The molecule has 2 rings (SSSR count). The molecule has 1 N–H and O–H groups in total. The summed E-state index contributed by atoms with van der Waals surface area (Å²) in [6, 6.07) is 0. The molecule has 2 heterocycles. The van der Waals surface area contributed by atoms with Crippen molar-refractivity contribution >= 4 is 17.1 Å². The molecule has 8 heteroatoms. The molecule has 0 aromatic carbocycles. The molecular weight excluding hydrogens is 264 g/mol. The smallest absolute Gasteiger partial charge is 0.327 e. The minimum Gasteiger partial charge on any atom is -0.459 e. The number of carbonyl (C=O) groups excluding carboxylic acids is 1. The topological polar surface area (TPSA) is 99.0 Å². The maximum absolute atomic E-state index is 12.1. The highest BCUT2D eigenvalue weighted by Gasteiger charge is 2.18. The highest BCUT2D eigenvalue weighted by molar-refractivity contribution is 5.71. The number of aromatic nitrogens is 4. The third kappa shape index (κ3) is 2.63. The van der Waals surface area contributed by atoms with E-state index in [1.165, 1.54) is 17.9 Å². The number of ether oxygens (including phenoxy) is 1. The van der Waals surface area contributed by atoms with Gasteiger partial charge in [0.05, 0.1) is 0 Å². The van der Waals surface area contributed by atoms with Crippen LogP contribution in [0.1, 0.15) is 20.8 Å². The van der Waals surface area contributed by atoms with Crippen LogP contribution in [-0.4, -0.2) is 30.7 Å². The first kappa shape index (κ1) is 14.0. The van der Waals surface area contributed by atoms with Crippen LogP contribution in [0.25, 0.3) is 11.2 Å². The van der Waals surface area contributed by atoms with Crippen molar-refractivity contribution in [1.82, 2.24) is 19.1 Å². The SMILES string of the molecule is Cn1c(=O)[nH]c2c(=O)n(CC(=O)OC(C)(C)C)cnc21. The van der Waals surface area contributed by atoms with E-state index in [1.807, 2.05) is 0 Å². The molecule has 0 bridgehead atoms. The second-order valence-electron chi connectivity index (χ2n) is 5.45. The van der Waals surface area contributed by atoms with Gasteiger partial charge in [-0.2, -0.15) is 0 Å². The summed E-state index contributed by atoms with van der Waals surface area (Å²) in [5.74, 6) is -0.543. The van der Waals surface area contributed by atoms with Gasteiger partial charge in [0.1, 0.15) is 18.5 Å². The Morgan fingerprint density at radius 2 is 2.05 bits per heavy atom. The first-order valence-electron chi connectivity index (χ1n) is 6.05. The Hall–Kier alpha value is -2.38. The van der Waals surface area contributed by atoms with E-state index in [0.717, 1.165) is 4.57 Å². The Bertz CT molecular complexity index is 775. The molecule has 0 unspecified atom stereocenters. The lowest BCUT2D eigenvalue weighted by atomic mass is 10.2. The fourth-order valence-electron chi connectivity index (χ4n) is 1.76. The van der Waals surface area contributed by atoms with Crippen LogP contribution in [0.15, 0.2) is 15.9 Å². The Morgan fingerprint density at radius 1 is 1.40 bits per heavy atom. The normalized spacial score (nSPS) is 11.8. The van der Waals surface area contributed by atoms with Crippen molar-refractivity contribution in [3.05, 3.63) is 27.2 Å². The van der Waals surface area contributed by atoms with E-state index in [1.54, 1.807) is 20.8 Å². The van der Waals surface area contributed by atoms with Crippen LogP contribution < -0.4 is 11.2 Å². The lowest BCUT2D eigenvalue weighted by molar-refractivity contribution is -0.155. The average molecular weight is 280 g/mol. The number of hydrogen-bond acceptors (Lipinski definition) is 5. The zero-order chi connectivity index (χ0) is 15.1. The molecule has 108 valence electrons. The van der Waals surface area contributed by atoms with Crippen LogP contribution >= 0.6 is 0 Å². The lowest BCUT2D eigenvalue weighted by Crippen LogP contribution is -2.30. The third-order valence-electron chi connectivity index (χ3n) is 2.59. The molecule has 0 aliphatic heterocycles. The zero-order valence-electron chi connectivity index (χ0n) is 11.8. The second-order valence-corrected chi connectivity index (χ2v) is 5.45. The molecule has 0 atom stereocenters. The van der Waals surface area contributed by atoms with Gasteiger partial charge in [-0.3, -0.25) is 23.7 Å². The summed E-state index contributed by atoms with van der Waals surface area (Å²) in [6.07, 6.45) is 1.22. The Balaban J connectivity index is 2.37.